The second kappa shape index (κ2) is 8.49. The standard InChI is InChI=1S/C20H25ClN4O/c1-13-12-18(19(26)23-15-8-5-3-4-6-9-15)25-20(22-13)24-17-11-7-10-16(21)14(17)2/h7,10-12,15H,3-6,8-9H2,1-2H3,(H,23,26)(H,22,24,25). The molecule has 2 N–H and O–H groups in total. The molecule has 26 heavy (non-hydrogen) atoms. The van der Waals surface area contributed by atoms with Gasteiger partial charge in [0.2, 0.25) is 5.95 Å². The molecule has 138 valence electrons. The third-order valence-electron chi connectivity index (χ3n) is 4.79. The maximum Gasteiger partial charge on any atom is 0.270 e. The van der Waals surface area contributed by atoms with Crippen LogP contribution in [-0.4, -0.2) is 21.9 Å². The Bertz CT molecular complexity index is 785. The largest absolute Gasteiger partial charge is 0.348 e. The lowest BCUT2D eigenvalue weighted by Crippen LogP contribution is -2.35. The molecule has 1 aliphatic carbocycles. The van der Waals surface area contributed by atoms with Gasteiger partial charge in [-0.25, -0.2) is 9.97 Å². The summed E-state index contributed by atoms with van der Waals surface area (Å²) >= 11 is 6.17. The van der Waals surface area contributed by atoms with Gasteiger partial charge >= 0.3 is 0 Å². The molecule has 1 saturated carbocycles. The molecule has 1 amide bonds. The summed E-state index contributed by atoms with van der Waals surface area (Å²) in [5, 5.41) is 6.99. The summed E-state index contributed by atoms with van der Waals surface area (Å²) in [6.07, 6.45) is 6.95. The van der Waals surface area contributed by atoms with Gasteiger partial charge in [-0.15, -0.1) is 0 Å². The fourth-order valence-corrected chi connectivity index (χ4v) is 3.46. The molecule has 0 atom stereocenters. The smallest absolute Gasteiger partial charge is 0.270 e. The highest BCUT2D eigenvalue weighted by atomic mass is 35.5. The zero-order valence-electron chi connectivity index (χ0n) is 15.3. The number of carbonyl (C=O) groups excluding carboxylic acids is 1. The van der Waals surface area contributed by atoms with Crippen molar-refractivity contribution in [2.75, 3.05) is 5.32 Å². The molecule has 1 heterocycles. The highest BCUT2D eigenvalue weighted by Crippen LogP contribution is 2.25. The summed E-state index contributed by atoms with van der Waals surface area (Å²) in [5.74, 6) is 0.273. The van der Waals surface area contributed by atoms with Crippen LogP contribution in [0.5, 0.6) is 0 Å². The van der Waals surface area contributed by atoms with E-state index < -0.39 is 0 Å². The van der Waals surface area contributed by atoms with E-state index in [0.717, 1.165) is 29.8 Å². The van der Waals surface area contributed by atoms with Gasteiger partial charge in [-0.05, 0) is 50.5 Å². The Morgan fingerprint density at radius 3 is 2.58 bits per heavy atom. The van der Waals surface area contributed by atoms with Crippen LogP contribution in [0.1, 0.15) is 60.3 Å². The van der Waals surface area contributed by atoms with Crippen molar-refractivity contribution in [3.8, 4) is 0 Å². The molecule has 0 saturated heterocycles. The van der Waals surface area contributed by atoms with Crippen molar-refractivity contribution in [1.82, 2.24) is 15.3 Å². The van der Waals surface area contributed by atoms with Crippen molar-refractivity contribution < 1.29 is 4.79 Å². The van der Waals surface area contributed by atoms with Gasteiger partial charge in [0.15, 0.2) is 0 Å². The van der Waals surface area contributed by atoms with Gasteiger partial charge in [0.05, 0.1) is 0 Å². The average molecular weight is 373 g/mol. The first-order valence-corrected chi connectivity index (χ1v) is 9.59. The number of carbonyl (C=O) groups is 1. The molecule has 1 fully saturated rings. The summed E-state index contributed by atoms with van der Waals surface area (Å²) in [6, 6.07) is 7.59. The molecule has 3 rings (SSSR count). The minimum atomic E-state index is -0.131. The van der Waals surface area contributed by atoms with Crippen LogP contribution in [0.4, 0.5) is 11.6 Å². The number of nitrogens with zero attached hydrogens (tertiary/aromatic N) is 2. The number of rotatable bonds is 4. The van der Waals surface area contributed by atoms with Crippen LogP contribution in [0.3, 0.4) is 0 Å². The predicted octanol–water partition coefficient (Wildman–Crippen LogP) is 4.94. The van der Waals surface area contributed by atoms with E-state index in [1.807, 2.05) is 32.0 Å². The minimum absolute atomic E-state index is 0.131. The van der Waals surface area contributed by atoms with Crippen molar-refractivity contribution in [2.24, 2.45) is 0 Å². The highest BCUT2D eigenvalue weighted by molar-refractivity contribution is 6.31. The predicted molar refractivity (Wildman–Crippen MR) is 105 cm³/mol. The van der Waals surface area contributed by atoms with E-state index in [4.69, 9.17) is 11.6 Å². The molecule has 0 unspecified atom stereocenters. The quantitative estimate of drug-likeness (QED) is 0.745. The van der Waals surface area contributed by atoms with Crippen LogP contribution in [-0.2, 0) is 0 Å². The van der Waals surface area contributed by atoms with E-state index in [2.05, 4.69) is 20.6 Å². The van der Waals surface area contributed by atoms with Crippen LogP contribution < -0.4 is 10.6 Å². The van der Waals surface area contributed by atoms with E-state index >= 15 is 0 Å². The van der Waals surface area contributed by atoms with Gasteiger partial charge in [-0.1, -0.05) is 43.4 Å². The number of benzene rings is 1. The highest BCUT2D eigenvalue weighted by Gasteiger charge is 2.18. The van der Waals surface area contributed by atoms with Crippen molar-refractivity contribution in [3.05, 3.63) is 46.2 Å². The number of hydrogen-bond acceptors (Lipinski definition) is 4. The van der Waals surface area contributed by atoms with Gasteiger partial charge in [-0.2, -0.15) is 0 Å². The van der Waals surface area contributed by atoms with E-state index in [-0.39, 0.29) is 11.9 Å². The number of amides is 1. The molecular formula is C20H25ClN4O. The average Bonchev–Trinajstić information content (AvgIpc) is 2.87. The van der Waals surface area contributed by atoms with Crippen molar-refractivity contribution >= 4 is 29.1 Å². The first kappa shape index (κ1) is 18.6. The Morgan fingerprint density at radius 2 is 1.85 bits per heavy atom. The van der Waals surface area contributed by atoms with E-state index in [9.17, 15) is 4.79 Å². The molecule has 0 spiro atoms. The van der Waals surface area contributed by atoms with Crippen LogP contribution in [0, 0.1) is 13.8 Å². The number of aromatic nitrogens is 2. The Kier molecular flexibility index (Phi) is 6.09. The zero-order valence-corrected chi connectivity index (χ0v) is 16.1. The maximum atomic E-state index is 12.7. The van der Waals surface area contributed by atoms with E-state index in [1.54, 1.807) is 6.07 Å². The minimum Gasteiger partial charge on any atom is -0.348 e. The lowest BCUT2D eigenvalue weighted by molar-refractivity contribution is 0.0928. The Labute approximate surface area is 159 Å². The van der Waals surface area contributed by atoms with Gasteiger partial charge in [0, 0.05) is 22.4 Å². The zero-order chi connectivity index (χ0) is 18.5. The van der Waals surface area contributed by atoms with E-state index in [0.29, 0.717) is 16.7 Å². The number of anilines is 2. The SMILES string of the molecule is Cc1cc(C(=O)NC2CCCCCC2)nc(Nc2cccc(Cl)c2C)n1. The molecule has 0 bridgehead atoms. The fraction of sp³-hybridized carbons (Fsp3) is 0.450. The monoisotopic (exact) mass is 372 g/mol. The van der Waals surface area contributed by atoms with Crippen molar-refractivity contribution in [1.29, 1.82) is 0 Å². The number of hydrogen-bond donors (Lipinski definition) is 2. The molecule has 1 aromatic heterocycles. The first-order valence-electron chi connectivity index (χ1n) is 9.21. The molecular weight excluding hydrogens is 348 g/mol. The van der Waals surface area contributed by atoms with Gasteiger partial charge < -0.3 is 10.6 Å². The normalized spacial score (nSPS) is 15.3. The third-order valence-corrected chi connectivity index (χ3v) is 5.20. The number of nitrogens with one attached hydrogen (secondary N) is 2. The van der Waals surface area contributed by atoms with Gasteiger partial charge in [0.1, 0.15) is 5.69 Å². The van der Waals surface area contributed by atoms with Crippen molar-refractivity contribution in [3.63, 3.8) is 0 Å². The first-order chi connectivity index (χ1) is 12.5. The number of halogens is 1. The molecule has 0 radical (unpaired) electrons. The summed E-state index contributed by atoms with van der Waals surface area (Å²) in [6.45, 7) is 3.79. The molecule has 1 aliphatic rings. The summed E-state index contributed by atoms with van der Waals surface area (Å²) in [7, 11) is 0. The lowest BCUT2D eigenvalue weighted by Gasteiger charge is -2.16. The van der Waals surface area contributed by atoms with Crippen LogP contribution in [0.2, 0.25) is 5.02 Å². The third kappa shape index (κ3) is 4.73. The maximum absolute atomic E-state index is 12.7. The molecule has 2 aromatic rings. The fourth-order valence-electron chi connectivity index (χ4n) is 3.29. The van der Waals surface area contributed by atoms with Crippen LogP contribution >= 0.6 is 11.6 Å². The van der Waals surface area contributed by atoms with Crippen molar-refractivity contribution in [2.45, 2.75) is 58.4 Å². The second-order valence-electron chi connectivity index (χ2n) is 6.92. The molecule has 1 aromatic carbocycles. The summed E-state index contributed by atoms with van der Waals surface area (Å²) in [4.78, 5) is 21.5. The molecule has 6 heteroatoms. The lowest BCUT2D eigenvalue weighted by atomic mass is 10.1. The second-order valence-corrected chi connectivity index (χ2v) is 7.32. The van der Waals surface area contributed by atoms with Gasteiger partial charge in [0.25, 0.3) is 5.91 Å². The Balaban J connectivity index is 1.76. The summed E-state index contributed by atoms with van der Waals surface area (Å²) < 4.78 is 0. The summed E-state index contributed by atoms with van der Waals surface area (Å²) in [5.41, 5.74) is 2.89. The van der Waals surface area contributed by atoms with Crippen LogP contribution in [0.25, 0.3) is 0 Å². The van der Waals surface area contributed by atoms with Gasteiger partial charge in [-0.3, -0.25) is 4.79 Å². The van der Waals surface area contributed by atoms with E-state index in [1.165, 1.54) is 25.7 Å². The Hall–Kier alpha value is -2.14. The topological polar surface area (TPSA) is 66.9 Å². The number of aryl methyl sites for hydroxylation is 1. The molecule has 5 nitrogen and oxygen atoms in total. The Morgan fingerprint density at radius 1 is 1.12 bits per heavy atom. The van der Waals surface area contributed by atoms with Crippen LogP contribution in [0.15, 0.2) is 24.3 Å². The molecule has 0 aliphatic heterocycles.